The smallest absolute Gasteiger partial charge is 0.357 e. The summed E-state index contributed by atoms with van der Waals surface area (Å²) in [6.07, 6.45) is 2.54. The van der Waals surface area contributed by atoms with Crippen molar-refractivity contribution in [1.82, 2.24) is 9.29 Å². The summed E-state index contributed by atoms with van der Waals surface area (Å²) < 4.78 is 44.9. The van der Waals surface area contributed by atoms with Crippen molar-refractivity contribution in [3.05, 3.63) is 46.2 Å². The number of ether oxygens (including phenoxy) is 1. The number of aromatic nitrogens is 1. The van der Waals surface area contributed by atoms with Gasteiger partial charge in [0.1, 0.15) is 10.8 Å². The summed E-state index contributed by atoms with van der Waals surface area (Å²) in [5, 5.41) is 2.03. The van der Waals surface area contributed by atoms with Crippen LogP contribution in [0.1, 0.15) is 41.7 Å². The Morgan fingerprint density at radius 1 is 1.27 bits per heavy atom. The summed E-state index contributed by atoms with van der Waals surface area (Å²) in [5.74, 6) is -1.06. The van der Waals surface area contributed by atoms with Gasteiger partial charge in [-0.15, -0.1) is 11.3 Å². The number of unbranched alkanes of at least 4 members (excludes halogenated alkanes) is 2. The fraction of sp³-hybridized carbons (Fsp3) is 0.412. The normalized spacial score (nSPS) is 11.7. The number of hydrogen-bond acceptors (Lipinski definition) is 6. The zero-order valence-electron chi connectivity index (χ0n) is 14.6. The number of benzene rings is 1. The summed E-state index contributed by atoms with van der Waals surface area (Å²) in [7, 11) is -2.53. The average molecular weight is 400 g/mol. The van der Waals surface area contributed by atoms with Crippen molar-refractivity contribution in [2.24, 2.45) is 0 Å². The third-order valence-corrected chi connectivity index (χ3v) is 6.41. The summed E-state index contributed by atoms with van der Waals surface area (Å²) in [5.41, 5.74) is 0.153. The van der Waals surface area contributed by atoms with E-state index >= 15 is 0 Å². The zero-order valence-corrected chi connectivity index (χ0v) is 16.3. The van der Waals surface area contributed by atoms with Crippen molar-refractivity contribution in [1.29, 1.82) is 0 Å². The number of carbonyl (C=O) groups excluding carboxylic acids is 1. The van der Waals surface area contributed by atoms with E-state index in [0.29, 0.717) is 18.0 Å². The molecule has 1 aromatic carbocycles. The SMILES string of the molecule is CCCCCN(Cc1nc(C(=O)OC)cs1)S(=O)(=O)c1ccc(F)cc1. The number of thiazole rings is 1. The summed E-state index contributed by atoms with van der Waals surface area (Å²) in [6, 6.07) is 4.74. The molecule has 2 rings (SSSR count). The molecule has 0 N–H and O–H groups in total. The predicted octanol–water partition coefficient (Wildman–Crippen LogP) is 3.45. The molecule has 6 nitrogen and oxygen atoms in total. The maximum Gasteiger partial charge on any atom is 0.357 e. The monoisotopic (exact) mass is 400 g/mol. The highest BCUT2D eigenvalue weighted by Gasteiger charge is 2.26. The van der Waals surface area contributed by atoms with E-state index in [2.05, 4.69) is 9.72 Å². The van der Waals surface area contributed by atoms with Crippen molar-refractivity contribution >= 4 is 27.3 Å². The number of carbonyl (C=O) groups is 1. The molecule has 2 aromatic rings. The van der Waals surface area contributed by atoms with Crippen LogP contribution in [0.4, 0.5) is 4.39 Å². The Morgan fingerprint density at radius 3 is 2.58 bits per heavy atom. The standard InChI is InChI=1S/C17H21FN2O4S2/c1-3-4-5-10-20(11-16-19-15(12-25-16)17(21)24-2)26(22,23)14-8-6-13(18)7-9-14/h6-9,12H,3-5,10-11H2,1-2H3. The van der Waals surface area contributed by atoms with Gasteiger partial charge >= 0.3 is 5.97 Å². The Bertz CT molecular complexity index is 835. The van der Waals surface area contributed by atoms with Gasteiger partial charge in [0.05, 0.1) is 18.6 Å². The Balaban J connectivity index is 2.26. The van der Waals surface area contributed by atoms with E-state index in [0.717, 1.165) is 25.0 Å². The lowest BCUT2D eigenvalue weighted by molar-refractivity contribution is 0.0594. The van der Waals surface area contributed by atoms with Crippen LogP contribution in [0.25, 0.3) is 0 Å². The molecule has 0 unspecified atom stereocenters. The second kappa shape index (κ2) is 9.20. The number of methoxy groups -OCH3 is 1. The molecule has 0 radical (unpaired) electrons. The second-order valence-electron chi connectivity index (χ2n) is 5.62. The van der Waals surface area contributed by atoms with Gasteiger partial charge in [-0.2, -0.15) is 4.31 Å². The van der Waals surface area contributed by atoms with Crippen LogP contribution in [0.5, 0.6) is 0 Å². The van der Waals surface area contributed by atoms with Crippen molar-refractivity contribution < 1.29 is 22.3 Å². The van der Waals surface area contributed by atoms with Crippen molar-refractivity contribution in [3.8, 4) is 0 Å². The van der Waals surface area contributed by atoms with Crippen molar-refractivity contribution in [3.63, 3.8) is 0 Å². The van der Waals surface area contributed by atoms with Crippen molar-refractivity contribution in [2.45, 2.75) is 37.6 Å². The van der Waals surface area contributed by atoms with E-state index in [1.54, 1.807) is 0 Å². The molecule has 0 saturated heterocycles. The Morgan fingerprint density at radius 2 is 1.96 bits per heavy atom. The van der Waals surface area contributed by atoms with Gasteiger partial charge in [0.2, 0.25) is 10.0 Å². The zero-order chi connectivity index (χ0) is 19.2. The van der Waals surface area contributed by atoms with E-state index in [1.807, 2.05) is 6.92 Å². The number of rotatable bonds is 9. The fourth-order valence-electron chi connectivity index (χ4n) is 2.31. The molecule has 0 fully saturated rings. The minimum atomic E-state index is -3.80. The molecule has 0 spiro atoms. The highest BCUT2D eigenvalue weighted by Crippen LogP contribution is 2.21. The second-order valence-corrected chi connectivity index (χ2v) is 8.50. The molecule has 0 saturated carbocycles. The highest BCUT2D eigenvalue weighted by molar-refractivity contribution is 7.89. The first-order valence-electron chi connectivity index (χ1n) is 8.17. The third kappa shape index (κ3) is 5.09. The van der Waals surface area contributed by atoms with Crippen LogP contribution >= 0.6 is 11.3 Å². The maximum absolute atomic E-state index is 13.1. The van der Waals surface area contributed by atoms with Gasteiger partial charge in [-0.25, -0.2) is 22.6 Å². The molecule has 0 amide bonds. The number of sulfonamides is 1. The van der Waals surface area contributed by atoms with Crippen LogP contribution < -0.4 is 0 Å². The maximum atomic E-state index is 13.1. The molecule has 0 aliphatic rings. The van der Waals surface area contributed by atoms with Crippen LogP contribution in [0.2, 0.25) is 0 Å². The van der Waals surface area contributed by atoms with E-state index < -0.39 is 21.8 Å². The molecule has 0 bridgehead atoms. The van der Waals surface area contributed by atoms with Gasteiger partial charge < -0.3 is 4.74 Å². The Labute approximate surface area is 156 Å². The van der Waals surface area contributed by atoms with E-state index in [-0.39, 0.29) is 17.1 Å². The number of hydrogen-bond donors (Lipinski definition) is 0. The molecular weight excluding hydrogens is 379 g/mol. The van der Waals surface area contributed by atoms with E-state index in [1.165, 1.54) is 40.3 Å². The third-order valence-electron chi connectivity index (χ3n) is 3.72. The highest BCUT2D eigenvalue weighted by atomic mass is 32.2. The molecule has 0 atom stereocenters. The predicted molar refractivity (Wildman–Crippen MR) is 97.0 cm³/mol. The molecule has 0 aliphatic carbocycles. The molecule has 142 valence electrons. The van der Waals surface area contributed by atoms with Gasteiger partial charge in [-0.05, 0) is 30.7 Å². The number of esters is 1. The molecule has 0 aliphatic heterocycles. The van der Waals surface area contributed by atoms with Gasteiger partial charge in [0.25, 0.3) is 0 Å². The first-order chi connectivity index (χ1) is 12.4. The van der Waals surface area contributed by atoms with Gasteiger partial charge in [-0.3, -0.25) is 0 Å². The summed E-state index contributed by atoms with van der Waals surface area (Å²) >= 11 is 1.20. The number of halogens is 1. The molecule has 1 heterocycles. The fourth-order valence-corrected chi connectivity index (χ4v) is 4.61. The van der Waals surface area contributed by atoms with Crippen LogP contribution in [0, 0.1) is 5.82 Å². The lowest BCUT2D eigenvalue weighted by Gasteiger charge is -2.21. The van der Waals surface area contributed by atoms with Gasteiger partial charge in [0, 0.05) is 11.9 Å². The van der Waals surface area contributed by atoms with Crippen LogP contribution in [0.15, 0.2) is 34.5 Å². The van der Waals surface area contributed by atoms with Crippen molar-refractivity contribution in [2.75, 3.05) is 13.7 Å². The minimum absolute atomic E-state index is 0.0279. The van der Waals surface area contributed by atoms with Crippen LogP contribution in [0.3, 0.4) is 0 Å². The topological polar surface area (TPSA) is 76.6 Å². The first-order valence-corrected chi connectivity index (χ1v) is 10.5. The molecular formula is C17H21FN2O4S2. The Kier molecular flexibility index (Phi) is 7.24. The minimum Gasteiger partial charge on any atom is -0.464 e. The van der Waals surface area contributed by atoms with E-state index in [9.17, 15) is 17.6 Å². The van der Waals surface area contributed by atoms with E-state index in [4.69, 9.17) is 0 Å². The quantitative estimate of drug-likeness (QED) is 0.476. The number of nitrogens with zero attached hydrogens (tertiary/aromatic N) is 2. The van der Waals surface area contributed by atoms with Gasteiger partial charge in [-0.1, -0.05) is 19.8 Å². The molecule has 1 aromatic heterocycles. The summed E-state index contributed by atoms with van der Waals surface area (Å²) in [4.78, 5) is 15.7. The largest absolute Gasteiger partial charge is 0.464 e. The van der Waals surface area contributed by atoms with Crippen LogP contribution in [-0.2, 0) is 21.3 Å². The lowest BCUT2D eigenvalue weighted by atomic mass is 10.2. The molecule has 26 heavy (non-hydrogen) atoms. The Hall–Kier alpha value is -1.84. The first kappa shape index (κ1) is 20.5. The van der Waals surface area contributed by atoms with Gasteiger partial charge in [0.15, 0.2) is 5.69 Å². The lowest BCUT2D eigenvalue weighted by Crippen LogP contribution is -2.31. The van der Waals surface area contributed by atoms with Crippen LogP contribution in [-0.4, -0.2) is 37.3 Å². The molecule has 9 heteroatoms. The summed E-state index contributed by atoms with van der Waals surface area (Å²) in [6.45, 7) is 2.40. The average Bonchev–Trinajstić information content (AvgIpc) is 3.09.